The molecular weight excluding hydrogens is 542 g/mol. The molecule has 1 aromatic rings. The van der Waals surface area contributed by atoms with Gasteiger partial charge in [0.1, 0.15) is 0 Å². The topological polar surface area (TPSA) is 42.8 Å². The predicted octanol–water partition coefficient (Wildman–Crippen LogP) is 6.10. The molecule has 4 aliphatic rings. The Kier molecular flexibility index (Phi) is 16.1. The minimum atomic E-state index is 0.353. The van der Waals surface area contributed by atoms with Gasteiger partial charge in [-0.3, -0.25) is 9.58 Å². The van der Waals surface area contributed by atoms with Crippen LogP contribution in [-0.2, 0) is 0 Å². The molecular formula is C37H69N7. The molecule has 0 aliphatic carbocycles. The number of aryl methyl sites for hydroxylation is 1. The Hall–Kier alpha value is -1.51. The normalized spacial score (nSPS) is 23.0. The molecule has 0 atom stereocenters. The molecule has 0 bridgehead atoms. The first-order valence-electron chi connectivity index (χ1n) is 18.1. The average molecular weight is 612 g/mol. The highest BCUT2D eigenvalue weighted by Gasteiger charge is 2.38. The van der Waals surface area contributed by atoms with E-state index in [1.165, 1.54) is 129 Å². The van der Waals surface area contributed by atoms with Crippen LogP contribution in [-0.4, -0.2) is 121 Å². The number of allylic oxidation sites excluding steroid dienone is 2. The summed E-state index contributed by atoms with van der Waals surface area (Å²) >= 11 is 0. The van der Waals surface area contributed by atoms with E-state index in [9.17, 15) is 0 Å². The van der Waals surface area contributed by atoms with Gasteiger partial charge in [-0.15, -0.1) is 0 Å². The van der Waals surface area contributed by atoms with Gasteiger partial charge >= 0.3 is 0 Å². The first kappa shape index (κ1) is 37.0. The van der Waals surface area contributed by atoms with Gasteiger partial charge in [0.2, 0.25) is 0 Å². The molecule has 7 nitrogen and oxygen atoms in total. The molecule has 5 rings (SSSR count). The number of piperazine rings is 1. The Morgan fingerprint density at radius 1 is 0.932 bits per heavy atom. The highest BCUT2D eigenvalue weighted by molar-refractivity contribution is 5.08. The van der Waals surface area contributed by atoms with Crippen molar-refractivity contribution in [1.82, 2.24) is 34.7 Å². The van der Waals surface area contributed by atoms with Crippen molar-refractivity contribution in [3.05, 3.63) is 42.3 Å². The third-order valence-electron chi connectivity index (χ3n) is 10.8. The van der Waals surface area contributed by atoms with E-state index >= 15 is 0 Å². The third kappa shape index (κ3) is 11.7. The number of hydrogen-bond acceptors (Lipinski definition) is 6. The van der Waals surface area contributed by atoms with Gasteiger partial charge in [-0.25, -0.2) is 0 Å². The van der Waals surface area contributed by atoms with Crippen molar-refractivity contribution in [2.75, 3.05) is 85.6 Å². The summed E-state index contributed by atoms with van der Waals surface area (Å²) in [5.41, 5.74) is 2.93. The second-order valence-corrected chi connectivity index (χ2v) is 14.2. The van der Waals surface area contributed by atoms with Crippen molar-refractivity contribution in [3.63, 3.8) is 0 Å². The minimum absolute atomic E-state index is 0.353. The summed E-state index contributed by atoms with van der Waals surface area (Å²) in [5, 5.41) is 8.02. The zero-order chi connectivity index (χ0) is 32.0. The number of likely N-dealkylation sites (tertiary alicyclic amines) is 2. The third-order valence-corrected chi connectivity index (χ3v) is 10.8. The maximum atomic E-state index is 4.56. The Labute approximate surface area is 272 Å². The zero-order valence-corrected chi connectivity index (χ0v) is 29.9. The molecule has 7 heteroatoms. The highest BCUT2D eigenvalue weighted by Crippen LogP contribution is 2.33. The van der Waals surface area contributed by atoms with Gasteiger partial charge in [0.05, 0.1) is 11.7 Å². The van der Waals surface area contributed by atoms with E-state index in [-0.39, 0.29) is 0 Å². The van der Waals surface area contributed by atoms with Crippen LogP contribution >= 0.6 is 0 Å². The monoisotopic (exact) mass is 612 g/mol. The number of aromatic nitrogens is 2. The average Bonchev–Trinajstić information content (AvgIpc) is 3.49. The second-order valence-electron chi connectivity index (χ2n) is 14.2. The van der Waals surface area contributed by atoms with Gasteiger partial charge in [0.25, 0.3) is 0 Å². The van der Waals surface area contributed by atoms with Crippen molar-refractivity contribution < 1.29 is 0 Å². The summed E-state index contributed by atoms with van der Waals surface area (Å²) in [6.45, 7) is 31.9. The number of rotatable bonds is 9. The lowest BCUT2D eigenvalue weighted by atomic mass is 9.78. The molecule has 4 fully saturated rings. The fourth-order valence-electron chi connectivity index (χ4n) is 7.56. The van der Waals surface area contributed by atoms with Crippen LogP contribution in [0.15, 0.2) is 36.6 Å². The van der Waals surface area contributed by atoms with Crippen molar-refractivity contribution in [2.45, 2.75) is 98.1 Å². The Morgan fingerprint density at radius 3 is 2.11 bits per heavy atom. The van der Waals surface area contributed by atoms with E-state index in [0.717, 1.165) is 17.5 Å². The standard InChI is InChI=1S/C20H37N3.C15H26N4.C2H6/c1-6-7-18(2)8-11-22-12-9-19(10-13-22)20(3,4)23-16-14-21(5)15-17-23;1-13-4-11-19(17-13)15-5-9-18(10-6-15)12-14-2-7-16-8-3-14;1-2/h6-7,19H,1,8-17H2,2-5H3;4,11,14-16H,2-3,5-10,12H2,1H3;1-2H3/b18-7-;;. The zero-order valence-electron chi connectivity index (χ0n) is 29.9. The van der Waals surface area contributed by atoms with Gasteiger partial charge in [-0.2, -0.15) is 5.10 Å². The van der Waals surface area contributed by atoms with Gasteiger partial charge in [-0.05, 0) is 124 Å². The largest absolute Gasteiger partial charge is 0.317 e. The second kappa shape index (κ2) is 19.2. The molecule has 0 saturated carbocycles. The number of likely N-dealkylation sites (N-methyl/N-ethyl adjacent to an activating group) is 1. The summed E-state index contributed by atoms with van der Waals surface area (Å²) in [4.78, 5) is 10.5. The quantitative estimate of drug-likeness (QED) is 0.341. The molecule has 1 aromatic heterocycles. The van der Waals surface area contributed by atoms with Crippen molar-refractivity contribution in [1.29, 1.82) is 0 Å². The molecule has 0 aromatic carbocycles. The number of hydrogen-bond donors (Lipinski definition) is 1. The number of piperidine rings is 3. The predicted molar refractivity (Wildman–Crippen MR) is 190 cm³/mol. The summed E-state index contributed by atoms with van der Waals surface area (Å²) < 4.78 is 2.18. The van der Waals surface area contributed by atoms with E-state index in [1.807, 2.05) is 19.9 Å². The van der Waals surface area contributed by atoms with Gasteiger partial charge in [0.15, 0.2) is 0 Å². The molecule has 5 heterocycles. The molecule has 0 unspecified atom stereocenters. The van der Waals surface area contributed by atoms with Crippen molar-refractivity contribution >= 4 is 0 Å². The first-order valence-corrected chi connectivity index (χ1v) is 18.1. The smallest absolute Gasteiger partial charge is 0.0593 e. The SMILES string of the molecule is C=C/C=C(/C)CCN1CCC(C(C)(C)N2CCN(C)CC2)CC1.CC.Cc1ccn(C2CCN(CC3CCNCC3)CC2)n1. The highest BCUT2D eigenvalue weighted by atomic mass is 15.3. The molecule has 4 saturated heterocycles. The first-order chi connectivity index (χ1) is 21.2. The maximum absolute atomic E-state index is 4.56. The summed E-state index contributed by atoms with van der Waals surface area (Å²) in [7, 11) is 2.24. The number of nitrogens with zero attached hydrogens (tertiary/aromatic N) is 6. The lowest BCUT2D eigenvalue weighted by Crippen LogP contribution is -2.58. The van der Waals surface area contributed by atoms with Crippen LogP contribution in [0.25, 0.3) is 0 Å². The summed E-state index contributed by atoms with van der Waals surface area (Å²) in [6, 6.07) is 2.74. The van der Waals surface area contributed by atoms with Crippen LogP contribution in [0.2, 0.25) is 0 Å². The fourth-order valence-corrected chi connectivity index (χ4v) is 7.56. The Balaban J connectivity index is 0.000000231. The van der Waals surface area contributed by atoms with Crippen molar-refractivity contribution in [2.24, 2.45) is 11.8 Å². The maximum Gasteiger partial charge on any atom is 0.0593 e. The van der Waals surface area contributed by atoms with E-state index < -0.39 is 0 Å². The van der Waals surface area contributed by atoms with Crippen LogP contribution in [0.1, 0.15) is 91.3 Å². The molecule has 0 radical (unpaired) electrons. The summed E-state index contributed by atoms with van der Waals surface area (Å²) in [5.74, 6) is 1.76. The van der Waals surface area contributed by atoms with Crippen LogP contribution in [0.3, 0.4) is 0 Å². The molecule has 0 amide bonds. The summed E-state index contributed by atoms with van der Waals surface area (Å²) in [6.07, 6.45) is 15.3. The van der Waals surface area contributed by atoms with E-state index in [1.54, 1.807) is 0 Å². The van der Waals surface area contributed by atoms with Crippen LogP contribution < -0.4 is 5.32 Å². The van der Waals surface area contributed by atoms with Crippen LogP contribution in [0.4, 0.5) is 0 Å². The van der Waals surface area contributed by atoms with Crippen LogP contribution in [0, 0.1) is 18.8 Å². The van der Waals surface area contributed by atoms with Gasteiger partial charge < -0.3 is 20.0 Å². The molecule has 1 N–H and O–H groups in total. The van der Waals surface area contributed by atoms with E-state index in [0.29, 0.717) is 11.6 Å². The lowest BCUT2D eigenvalue weighted by Gasteiger charge is -2.49. The van der Waals surface area contributed by atoms with E-state index in [4.69, 9.17) is 0 Å². The Morgan fingerprint density at radius 2 is 1.55 bits per heavy atom. The van der Waals surface area contributed by atoms with E-state index in [2.05, 4.69) is 94.4 Å². The van der Waals surface area contributed by atoms with Gasteiger partial charge in [-0.1, -0.05) is 38.2 Å². The molecule has 252 valence electrons. The Bertz CT molecular complexity index is 939. The lowest BCUT2D eigenvalue weighted by molar-refractivity contribution is -0.000342. The molecule has 4 aliphatic heterocycles. The fraction of sp³-hybridized carbons (Fsp3) is 0.811. The van der Waals surface area contributed by atoms with Crippen LogP contribution in [0.5, 0.6) is 0 Å². The molecule has 44 heavy (non-hydrogen) atoms. The van der Waals surface area contributed by atoms with Crippen molar-refractivity contribution in [3.8, 4) is 0 Å². The van der Waals surface area contributed by atoms with Gasteiger partial charge in [0, 0.05) is 64.1 Å². The molecule has 0 spiro atoms. The minimum Gasteiger partial charge on any atom is -0.317 e. The number of nitrogens with one attached hydrogen (secondary N) is 1.